The molecule has 2 N–H and O–H groups in total. The van der Waals surface area contributed by atoms with Crippen LogP contribution in [0, 0.1) is 6.92 Å². The van der Waals surface area contributed by atoms with E-state index in [0.29, 0.717) is 5.69 Å². The van der Waals surface area contributed by atoms with E-state index in [4.69, 9.17) is 0 Å². The van der Waals surface area contributed by atoms with Crippen LogP contribution in [0.2, 0.25) is 0 Å². The number of nitrogens with one attached hydrogen (secondary N) is 2. The Hall–Kier alpha value is -4.07. The standard InChI is InChI=1S/C31H26N2O3S2/c1-22-14-20-27(21-15-22)38(35,36)33-25-16-18-26(19-17-25)37-30(24-9-3-2-4-10-24)31(34)32-29-13-7-11-23-8-5-6-12-28(23)29/h2-21,30,33H,1H3,(H,32,34). The maximum Gasteiger partial charge on any atom is 0.261 e. The van der Waals surface area contributed by atoms with Gasteiger partial charge in [0, 0.05) is 21.7 Å². The summed E-state index contributed by atoms with van der Waals surface area (Å²) in [6.45, 7) is 1.91. The molecule has 0 bridgehead atoms. The minimum Gasteiger partial charge on any atom is -0.324 e. The van der Waals surface area contributed by atoms with Crippen molar-refractivity contribution in [1.82, 2.24) is 0 Å². The minimum atomic E-state index is -3.70. The Kier molecular flexibility index (Phi) is 7.49. The topological polar surface area (TPSA) is 75.3 Å². The van der Waals surface area contributed by atoms with Crippen molar-refractivity contribution in [3.05, 3.63) is 132 Å². The van der Waals surface area contributed by atoms with Gasteiger partial charge in [0.1, 0.15) is 5.25 Å². The molecule has 7 heteroatoms. The van der Waals surface area contributed by atoms with Gasteiger partial charge in [-0.3, -0.25) is 9.52 Å². The number of hydrogen-bond acceptors (Lipinski definition) is 4. The summed E-state index contributed by atoms with van der Waals surface area (Å²) in [7, 11) is -3.70. The predicted octanol–water partition coefficient (Wildman–Crippen LogP) is 7.42. The van der Waals surface area contributed by atoms with Gasteiger partial charge in [0.2, 0.25) is 5.91 Å². The lowest BCUT2D eigenvalue weighted by Crippen LogP contribution is -2.19. The highest BCUT2D eigenvalue weighted by Gasteiger charge is 2.23. The van der Waals surface area contributed by atoms with E-state index in [1.165, 1.54) is 11.8 Å². The highest BCUT2D eigenvalue weighted by atomic mass is 32.2. The normalized spacial score (nSPS) is 12.1. The van der Waals surface area contributed by atoms with E-state index in [1.807, 2.05) is 91.9 Å². The van der Waals surface area contributed by atoms with E-state index >= 15 is 0 Å². The first-order valence-electron chi connectivity index (χ1n) is 12.1. The number of fused-ring (bicyclic) bond motifs is 1. The Morgan fingerprint density at radius 3 is 2.13 bits per heavy atom. The number of carbonyl (C=O) groups is 1. The van der Waals surface area contributed by atoms with Crippen LogP contribution in [0.4, 0.5) is 11.4 Å². The minimum absolute atomic E-state index is 0.137. The van der Waals surface area contributed by atoms with Gasteiger partial charge >= 0.3 is 0 Å². The van der Waals surface area contributed by atoms with E-state index in [9.17, 15) is 13.2 Å². The Balaban J connectivity index is 1.36. The van der Waals surface area contributed by atoms with Crippen molar-refractivity contribution >= 4 is 49.8 Å². The van der Waals surface area contributed by atoms with Crippen LogP contribution in [0.3, 0.4) is 0 Å². The molecule has 1 unspecified atom stereocenters. The van der Waals surface area contributed by atoms with Crippen LogP contribution >= 0.6 is 11.8 Å². The number of sulfonamides is 1. The van der Waals surface area contributed by atoms with Crippen LogP contribution < -0.4 is 10.0 Å². The third kappa shape index (κ3) is 5.90. The molecule has 0 aliphatic heterocycles. The molecule has 5 nitrogen and oxygen atoms in total. The van der Waals surface area contributed by atoms with E-state index in [2.05, 4.69) is 10.0 Å². The summed E-state index contributed by atoms with van der Waals surface area (Å²) in [6, 6.07) is 37.2. The molecule has 1 amide bonds. The molecule has 0 spiro atoms. The van der Waals surface area contributed by atoms with Crippen LogP contribution in [0.15, 0.2) is 131 Å². The molecule has 0 aromatic heterocycles. The van der Waals surface area contributed by atoms with Crippen LogP contribution in [-0.4, -0.2) is 14.3 Å². The van der Waals surface area contributed by atoms with Crippen molar-refractivity contribution in [2.24, 2.45) is 0 Å². The first kappa shape index (κ1) is 25.6. The summed E-state index contributed by atoms with van der Waals surface area (Å²) >= 11 is 1.41. The summed E-state index contributed by atoms with van der Waals surface area (Å²) in [6.07, 6.45) is 0. The second-order valence-corrected chi connectivity index (χ2v) is 11.7. The SMILES string of the molecule is Cc1ccc(S(=O)(=O)Nc2ccc(SC(C(=O)Nc3cccc4ccccc34)c3ccccc3)cc2)cc1. The molecule has 5 rings (SSSR count). The van der Waals surface area contributed by atoms with E-state index < -0.39 is 15.3 Å². The van der Waals surface area contributed by atoms with Gasteiger partial charge in [-0.2, -0.15) is 0 Å². The zero-order valence-electron chi connectivity index (χ0n) is 20.7. The summed E-state index contributed by atoms with van der Waals surface area (Å²) < 4.78 is 28.1. The Bertz CT molecular complexity index is 1660. The van der Waals surface area contributed by atoms with Gasteiger partial charge in [0.25, 0.3) is 10.0 Å². The fourth-order valence-corrected chi connectivity index (χ4v) is 6.19. The van der Waals surface area contributed by atoms with Crippen molar-refractivity contribution in [2.75, 3.05) is 10.0 Å². The van der Waals surface area contributed by atoms with Gasteiger partial charge in [-0.15, -0.1) is 11.8 Å². The fourth-order valence-electron chi connectivity index (χ4n) is 4.10. The average molecular weight is 539 g/mol. The lowest BCUT2D eigenvalue weighted by Gasteiger charge is -2.18. The van der Waals surface area contributed by atoms with Crippen LogP contribution in [0.5, 0.6) is 0 Å². The zero-order valence-corrected chi connectivity index (χ0v) is 22.3. The van der Waals surface area contributed by atoms with Gasteiger partial charge in [-0.1, -0.05) is 84.4 Å². The molecule has 5 aromatic carbocycles. The van der Waals surface area contributed by atoms with Crippen molar-refractivity contribution in [3.63, 3.8) is 0 Å². The zero-order chi connectivity index (χ0) is 26.5. The second kappa shape index (κ2) is 11.1. The second-order valence-electron chi connectivity index (χ2n) is 8.87. The lowest BCUT2D eigenvalue weighted by atomic mass is 10.1. The molecule has 0 radical (unpaired) electrons. The molecule has 0 aliphatic carbocycles. The van der Waals surface area contributed by atoms with Gasteiger partial charge < -0.3 is 5.32 Å². The molecule has 0 saturated carbocycles. The smallest absolute Gasteiger partial charge is 0.261 e. The van der Waals surface area contributed by atoms with E-state index in [1.54, 1.807) is 36.4 Å². The Morgan fingerprint density at radius 2 is 1.39 bits per heavy atom. The van der Waals surface area contributed by atoms with Crippen LogP contribution in [-0.2, 0) is 14.8 Å². The maximum absolute atomic E-state index is 13.6. The Morgan fingerprint density at radius 1 is 0.737 bits per heavy atom. The summed E-state index contributed by atoms with van der Waals surface area (Å²) in [5.41, 5.74) is 3.07. The van der Waals surface area contributed by atoms with Crippen LogP contribution in [0.1, 0.15) is 16.4 Å². The number of aryl methyl sites for hydroxylation is 1. The maximum atomic E-state index is 13.6. The first-order chi connectivity index (χ1) is 18.4. The quantitative estimate of drug-likeness (QED) is 0.202. The third-order valence-corrected chi connectivity index (χ3v) is 8.74. The predicted molar refractivity (Wildman–Crippen MR) is 156 cm³/mol. The number of carbonyl (C=O) groups excluding carboxylic acids is 1. The van der Waals surface area contributed by atoms with Crippen molar-refractivity contribution in [2.45, 2.75) is 22.0 Å². The van der Waals surface area contributed by atoms with Gasteiger partial charge in [0.05, 0.1) is 4.90 Å². The number of amides is 1. The molecule has 0 saturated heterocycles. The first-order valence-corrected chi connectivity index (χ1v) is 14.5. The molecule has 5 aromatic rings. The van der Waals surface area contributed by atoms with Crippen LogP contribution in [0.25, 0.3) is 10.8 Å². The molecule has 38 heavy (non-hydrogen) atoms. The number of benzene rings is 5. The van der Waals surface area contributed by atoms with Crippen molar-refractivity contribution in [3.8, 4) is 0 Å². The Labute approximate surface area is 227 Å². The monoisotopic (exact) mass is 538 g/mol. The van der Waals surface area contributed by atoms with Gasteiger partial charge in [-0.25, -0.2) is 8.42 Å². The molecular formula is C31H26N2O3S2. The van der Waals surface area contributed by atoms with E-state index in [-0.39, 0.29) is 10.8 Å². The molecular weight excluding hydrogens is 512 g/mol. The van der Waals surface area contributed by atoms with Gasteiger partial charge in [-0.05, 0) is 60.3 Å². The molecule has 1 atom stereocenters. The number of hydrogen-bond donors (Lipinski definition) is 2. The highest BCUT2D eigenvalue weighted by molar-refractivity contribution is 8.00. The number of rotatable bonds is 8. The molecule has 190 valence electrons. The van der Waals surface area contributed by atoms with E-state index in [0.717, 1.165) is 32.5 Å². The van der Waals surface area contributed by atoms with Gasteiger partial charge in [0.15, 0.2) is 0 Å². The summed E-state index contributed by atoms with van der Waals surface area (Å²) in [5, 5.41) is 4.64. The highest BCUT2D eigenvalue weighted by Crippen LogP contribution is 2.37. The third-order valence-electron chi connectivity index (χ3n) is 6.08. The number of thioether (sulfide) groups is 1. The summed E-state index contributed by atoms with van der Waals surface area (Å²) in [5.74, 6) is -0.137. The average Bonchev–Trinajstić information content (AvgIpc) is 2.93. The molecule has 0 aliphatic rings. The van der Waals surface area contributed by atoms with Crippen molar-refractivity contribution < 1.29 is 13.2 Å². The lowest BCUT2D eigenvalue weighted by molar-refractivity contribution is -0.115. The number of anilines is 2. The fraction of sp³-hybridized carbons (Fsp3) is 0.0645. The molecule has 0 fully saturated rings. The summed E-state index contributed by atoms with van der Waals surface area (Å²) in [4.78, 5) is 14.6. The van der Waals surface area contributed by atoms with Crippen molar-refractivity contribution in [1.29, 1.82) is 0 Å². The molecule has 0 heterocycles. The largest absolute Gasteiger partial charge is 0.324 e.